The number of rotatable bonds is 14. The highest BCUT2D eigenvalue weighted by molar-refractivity contribution is 5.68. The van der Waals surface area contributed by atoms with Crippen molar-refractivity contribution in [3.63, 3.8) is 0 Å². The van der Waals surface area contributed by atoms with Crippen LogP contribution in [0.4, 0.5) is 52.7 Å². The molecule has 2 atom stereocenters. The van der Waals surface area contributed by atoms with Gasteiger partial charge in [0.1, 0.15) is 24.5 Å². The average Bonchev–Trinajstić information content (AvgIpc) is 4.07. The van der Waals surface area contributed by atoms with Crippen LogP contribution in [0.25, 0.3) is 0 Å². The quantitative estimate of drug-likeness (QED) is 0.0318. The summed E-state index contributed by atoms with van der Waals surface area (Å²) in [6, 6.07) is 21.2. The maximum atomic E-state index is 13.4. The predicted octanol–water partition coefficient (Wildman–Crippen LogP) is 11.8. The van der Waals surface area contributed by atoms with Crippen LogP contribution in [0.2, 0.25) is 0 Å². The first-order valence-electron chi connectivity index (χ1n) is 23.9. The highest BCUT2D eigenvalue weighted by Crippen LogP contribution is 2.49. The Morgan fingerprint density at radius 3 is 1.17 bits per heavy atom. The zero-order valence-electron chi connectivity index (χ0n) is 41.0. The fourth-order valence-electron chi connectivity index (χ4n) is 10.2. The fraction of sp³-hybridized carbons (Fsp3) is 0.423. The third-order valence-electron chi connectivity index (χ3n) is 14.9. The van der Waals surface area contributed by atoms with Gasteiger partial charge in [-0.15, -0.1) is 0 Å². The van der Waals surface area contributed by atoms with Crippen molar-refractivity contribution < 1.29 is 72.2 Å². The van der Waals surface area contributed by atoms with Gasteiger partial charge in [-0.1, -0.05) is 65.8 Å². The van der Waals surface area contributed by atoms with Crippen molar-refractivity contribution in [3.05, 3.63) is 175 Å². The number of ether oxygens (including phenoxy) is 2. The third kappa shape index (κ3) is 12.7. The van der Waals surface area contributed by atoms with Crippen LogP contribution in [-0.2, 0) is 60.9 Å². The molecule has 3 N–H and O–H groups in total. The van der Waals surface area contributed by atoms with E-state index >= 15 is 0 Å². The first-order chi connectivity index (χ1) is 36.1. The summed E-state index contributed by atoms with van der Waals surface area (Å²) in [7, 11) is 0. The number of carbonyl (C=O) groups is 1. The van der Waals surface area contributed by atoms with Crippen LogP contribution in [0.1, 0.15) is 122 Å². The van der Waals surface area contributed by atoms with Crippen molar-refractivity contribution in [3.8, 4) is 0 Å². The number of hydrogen-bond donors (Lipinski definition) is 3. The lowest BCUT2D eigenvalue weighted by Gasteiger charge is -2.45. The molecule has 0 radical (unpaired) electrons. The second-order valence-electron chi connectivity index (χ2n) is 19.5. The SMILES string of the molecule is C[C@@H](OCC1(c2ccccc2)CCC(/C=N/O)(n2cn[nH]c2=O)CC1)c1cc(C(F)(F)F)cc(C(F)(F)F)c1.C[C@@H](OCC1(c2ccccc2)CCC(C=O)(n2cn[nH]c2=O)CC1)c1cc(C(F)(F)F)cc(C(F)(F)F)c1. The van der Waals surface area contributed by atoms with Crippen molar-refractivity contribution in [1.29, 1.82) is 0 Å². The van der Waals surface area contributed by atoms with E-state index in [2.05, 4.69) is 25.6 Å². The van der Waals surface area contributed by atoms with Gasteiger partial charge in [0.15, 0.2) is 0 Å². The van der Waals surface area contributed by atoms with Crippen LogP contribution in [-0.4, -0.2) is 60.5 Å². The Morgan fingerprint density at radius 2 is 0.883 bits per heavy atom. The van der Waals surface area contributed by atoms with Crippen molar-refractivity contribution >= 4 is 12.5 Å². The Kier molecular flexibility index (Phi) is 16.6. The molecule has 0 unspecified atom stereocenters. The van der Waals surface area contributed by atoms with Crippen LogP contribution in [0.15, 0.2) is 124 Å². The summed E-state index contributed by atoms with van der Waals surface area (Å²) in [6.07, 6.45) is -14.8. The van der Waals surface area contributed by atoms with Gasteiger partial charge in [-0.05, 0) is 124 Å². The molecular weight excluding hydrogens is 1050 g/mol. The molecule has 2 saturated carbocycles. The lowest BCUT2D eigenvalue weighted by atomic mass is 9.64. The molecule has 2 aliphatic carbocycles. The number of aromatic amines is 2. The minimum Gasteiger partial charge on any atom is -0.411 e. The second kappa shape index (κ2) is 22.1. The number of nitrogens with zero attached hydrogens (tertiary/aromatic N) is 5. The number of alkyl halides is 12. The summed E-state index contributed by atoms with van der Waals surface area (Å²) < 4.78 is 175. The third-order valence-corrected chi connectivity index (χ3v) is 14.9. The standard InChI is InChI=1S/C26H26F6N4O3.C26H25F6N3O3/c1-17(18-11-20(25(27,28)29)13-21(12-18)26(30,31)32)39-15-23(19-5-3-2-4-6-19)7-9-24(10-8-23,14-34-38)36-16-33-35-22(36)37;1-17(18-11-20(25(27,28)29)13-21(12-18)26(30,31)32)38-15-23(19-5-3-2-4-6-19)7-9-24(14-36,10-8-23)35-16-33-34-22(35)37/h2-6,11-14,16-17,38H,7-10,15H2,1H3,(H,35,37);2-6,11-14,16-17H,7-10,15H2,1H3,(H,34,37)/b34-14+;/t2*17-,23?,24?/m11/s1. The smallest absolute Gasteiger partial charge is 0.411 e. The van der Waals surface area contributed by atoms with Gasteiger partial charge < -0.3 is 19.5 Å². The van der Waals surface area contributed by atoms with Crippen molar-refractivity contribution in [1.82, 2.24) is 29.5 Å². The van der Waals surface area contributed by atoms with E-state index in [4.69, 9.17) is 9.47 Å². The van der Waals surface area contributed by atoms with Gasteiger partial charge in [-0.3, -0.25) is 9.13 Å². The van der Waals surface area contributed by atoms with Crippen LogP contribution in [0.3, 0.4) is 0 Å². The molecule has 414 valence electrons. The molecule has 2 heterocycles. The number of aromatic nitrogens is 6. The lowest BCUT2D eigenvalue weighted by Crippen LogP contribution is -2.49. The van der Waals surface area contributed by atoms with Gasteiger partial charge in [-0.2, -0.15) is 62.9 Å². The van der Waals surface area contributed by atoms with Crippen LogP contribution < -0.4 is 11.4 Å². The topological polar surface area (TPSA) is 169 Å². The number of H-pyrrole nitrogens is 2. The van der Waals surface area contributed by atoms with E-state index < -0.39 is 92.5 Å². The average molecular weight is 1100 g/mol. The number of hydrogen-bond acceptors (Lipinski definition) is 9. The van der Waals surface area contributed by atoms with E-state index in [1.165, 1.54) is 41.9 Å². The number of halogens is 12. The number of carbonyl (C=O) groups excluding carboxylic acids is 1. The Hall–Kier alpha value is -7.02. The van der Waals surface area contributed by atoms with Gasteiger partial charge in [0.25, 0.3) is 0 Å². The number of aldehydes is 1. The van der Waals surface area contributed by atoms with E-state index in [9.17, 15) is 72.3 Å². The Balaban J connectivity index is 0.000000224. The van der Waals surface area contributed by atoms with Crippen molar-refractivity contribution in [2.75, 3.05) is 13.2 Å². The molecule has 4 aromatic carbocycles. The molecule has 0 saturated heterocycles. The Morgan fingerprint density at radius 1 is 0.558 bits per heavy atom. The molecular formula is C52H51F12N7O6. The molecule has 0 amide bonds. The van der Waals surface area contributed by atoms with Crippen molar-refractivity contribution in [2.24, 2.45) is 5.16 Å². The van der Waals surface area contributed by atoms with E-state index in [1.54, 1.807) is 0 Å². The fourth-order valence-corrected chi connectivity index (χ4v) is 10.2. The summed E-state index contributed by atoms with van der Waals surface area (Å²) in [5, 5.41) is 24.6. The summed E-state index contributed by atoms with van der Waals surface area (Å²) in [5.41, 5.74) is -8.90. The van der Waals surface area contributed by atoms with E-state index in [1.807, 2.05) is 60.7 Å². The summed E-state index contributed by atoms with van der Waals surface area (Å²) in [5.74, 6) is 0. The summed E-state index contributed by atoms with van der Waals surface area (Å²) in [4.78, 5) is 36.6. The zero-order valence-corrected chi connectivity index (χ0v) is 41.0. The highest BCUT2D eigenvalue weighted by Gasteiger charge is 2.48. The molecule has 0 spiro atoms. The largest absolute Gasteiger partial charge is 0.416 e. The second-order valence-corrected chi connectivity index (χ2v) is 19.5. The molecule has 25 heteroatoms. The molecule has 6 aromatic rings. The maximum Gasteiger partial charge on any atom is 0.416 e. The minimum absolute atomic E-state index is 0.0115. The van der Waals surface area contributed by atoms with E-state index in [-0.39, 0.29) is 49.3 Å². The number of oxime groups is 1. The lowest BCUT2D eigenvalue weighted by molar-refractivity contribution is -0.145. The normalized spacial score (nSPS) is 23.2. The predicted molar refractivity (Wildman–Crippen MR) is 253 cm³/mol. The molecule has 0 bridgehead atoms. The molecule has 8 rings (SSSR count). The van der Waals surface area contributed by atoms with Gasteiger partial charge >= 0.3 is 36.1 Å². The number of benzene rings is 4. The Bertz CT molecular complexity index is 3030. The minimum atomic E-state index is -4.97. The monoisotopic (exact) mass is 1100 g/mol. The van der Waals surface area contributed by atoms with Gasteiger partial charge in [0.05, 0.1) is 59.4 Å². The van der Waals surface area contributed by atoms with Gasteiger partial charge in [0, 0.05) is 10.8 Å². The summed E-state index contributed by atoms with van der Waals surface area (Å²) in [6.45, 7) is 2.77. The maximum absolute atomic E-state index is 13.4. The van der Waals surface area contributed by atoms with Gasteiger partial charge in [0.2, 0.25) is 0 Å². The number of nitrogens with one attached hydrogen (secondary N) is 2. The molecule has 77 heavy (non-hydrogen) atoms. The van der Waals surface area contributed by atoms with Crippen LogP contribution >= 0.6 is 0 Å². The first kappa shape index (κ1) is 57.7. The van der Waals surface area contributed by atoms with Crippen LogP contribution in [0.5, 0.6) is 0 Å². The molecule has 0 aliphatic heterocycles. The van der Waals surface area contributed by atoms with Crippen molar-refractivity contribution in [2.45, 2.75) is 124 Å². The van der Waals surface area contributed by atoms with E-state index in [0.29, 0.717) is 69.1 Å². The molecule has 13 nitrogen and oxygen atoms in total. The Labute approximate surface area is 430 Å². The molecule has 2 fully saturated rings. The highest BCUT2D eigenvalue weighted by atomic mass is 19.4. The van der Waals surface area contributed by atoms with E-state index in [0.717, 1.165) is 11.1 Å². The van der Waals surface area contributed by atoms with Gasteiger partial charge in [-0.25, -0.2) is 19.8 Å². The summed E-state index contributed by atoms with van der Waals surface area (Å²) >= 11 is 0. The first-order valence-corrected chi connectivity index (χ1v) is 23.9. The van der Waals surface area contributed by atoms with Crippen LogP contribution in [0, 0.1) is 0 Å². The zero-order chi connectivity index (χ0) is 56.2. The molecule has 2 aliphatic rings. The molecule has 2 aromatic heterocycles.